The van der Waals surface area contributed by atoms with Gasteiger partial charge >= 0.3 is 0 Å². The molecule has 0 saturated heterocycles. The third-order valence-corrected chi connectivity index (χ3v) is 9.54. The van der Waals surface area contributed by atoms with Gasteiger partial charge in [0.15, 0.2) is 52.2 Å². The molecule has 0 amide bonds. The minimum Gasteiger partial charge on any atom is -0.236 e. The molecule has 0 radical (unpaired) electrons. The zero-order chi connectivity index (χ0) is 38.7. The first kappa shape index (κ1) is 34.3. The summed E-state index contributed by atoms with van der Waals surface area (Å²) >= 11 is 0. The topological polar surface area (TPSA) is 129 Å². The third-order valence-electron chi connectivity index (χ3n) is 9.54. The fraction of sp³-hybridized carbons (Fsp3) is 0. The van der Waals surface area contributed by atoms with E-state index >= 15 is 0 Å². The monoisotopic (exact) mass is 746 g/mol. The van der Waals surface area contributed by atoms with Gasteiger partial charge < -0.3 is 0 Å². The van der Waals surface area contributed by atoms with Crippen molar-refractivity contribution in [1.82, 2.24) is 49.8 Å². The van der Waals surface area contributed by atoms with E-state index in [9.17, 15) is 0 Å². The molecule has 0 unspecified atom stereocenters. The van der Waals surface area contributed by atoms with Crippen molar-refractivity contribution < 1.29 is 0 Å². The summed E-state index contributed by atoms with van der Waals surface area (Å²) in [6.45, 7) is 0. The van der Waals surface area contributed by atoms with Gasteiger partial charge in [0.25, 0.3) is 0 Å². The van der Waals surface area contributed by atoms with Crippen molar-refractivity contribution in [2.75, 3.05) is 0 Å². The molecular weight excluding hydrogens is 717 g/mol. The third kappa shape index (κ3) is 7.04. The van der Waals surface area contributed by atoms with E-state index in [0.29, 0.717) is 52.2 Å². The van der Waals surface area contributed by atoms with Gasteiger partial charge in [-0.05, 0) is 0 Å². The van der Waals surface area contributed by atoms with Gasteiger partial charge in [-0.2, -0.15) is 0 Å². The van der Waals surface area contributed by atoms with E-state index in [2.05, 4.69) is 9.97 Å². The van der Waals surface area contributed by atoms with Crippen molar-refractivity contribution in [1.29, 1.82) is 0 Å². The molecule has 0 saturated carbocycles. The number of rotatable bonds is 8. The summed E-state index contributed by atoms with van der Waals surface area (Å²) in [5, 5.41) is 0.736. The van der Waals surface area contributed by atoms with E-state index < -0.39 is 0 Å². The number of nitrogens with zero attached hydrogens (tertiary/aromatic N) is 10. The predicted octanol–water partition coefficient (Wildman–Crippen LogP) is 10.1. The highest BCUT2D eigenvalue weighted by Gasteiger charge is 2.15. The summed E-state index contributed by atoms with van der Waals surface area (Å²) in [5.41, 5.74) is 7.56. The van der Waals surface area contributed by atoms with Gasteiger partial charge in [-0.25, -0.2) is 49.8 Å². The maximum absolute atomic E-state index is 4.86. The normalized spacial score (nSPS) is 11.1. The molecule has 0 spiro atoms. The van der Waals surface area contributed by atoms with Crippen LogP contribution in [0.3, 0.4) is 0 Å². The molecule has 0 N–H and O–H groups in total. The lowest BCUT2D eigenvalue weighted by Crippen LogP contribution is -2.00. The summed E-state index contributed by atoms with van der Waals surface area (Å²) in [7, 11) is 0. The predicted molar refractivity (Wildman–Crippen MR) is 225 cm³/mol. The van der Waals surface area contributed by atoms with Crippen molar-refractivity contribution in [3.8, 4) is 91.1 Å². The van der Waals surface area contributed by atoms with Crippen LogP contribution in [-0.2, 0) is 0 Å². The first-order chi connectivity index (χ1) is 28.7. The van der Waals surface area contributed by atoms with Gasteiger partial charge in [-0.3, -0.25) is 0 Å². The van der Waals surface area contributed by atoms with Crippen molar-refractivity contribution in [3.63, 3.8) is 0 Å². The lowest BCUT2D eigenvalue weighted by atomic mass is 10.1. The Morgan fingerprint density at radius 3 is 0.690 bits per heavy atom. The maximum atomic E-state index is 4.86. The Morgan fingerprint density at radius 2 is 0.431 bits per heavy atom. The van der Waals surface area contributed by atoms with Crippen LogP contribution >= 0.6 is 0 Å². The second-order valence-electron chi connectivity index (χ2n) is 13.4. The van der Waals surface area contributed by atoms with E-state index in [1.807, 2.05) is 170 Å². The van der Waals surface area contributed by atoms with E-state index in [1.54, 1.807) is 12.4 Å². The van der Waals surface area contributed by atoms with Crippen LogP contribution in [0.2, 0.25) is 0 Å². The van der Waals surface area contributed by atoms with Gasteiger partial charge in [-0.1, -0.05) is 170 Å². The Hall–Kier alpha value is -8.24. The Balaban J connectivity index is 0.941. The first-order valence-corrected chi connectivity index (χ1v) is 18.7. The number of aromatic nitrogens is 10. The standard InChI is InChI=1S/C48H30N10/c1-5-13-31(14-6-1)42-53-43(32-15-7-2-8-16-32)56-46(55-42)37-25-21-35(22-26-37)40-49-29-39-30-50-41(52-48(39)51-40)36-23-27-38(28-24-36)47-57-44(33-17-9-3-10-18-33)54-45(58-47)34-19-11-4-12-20-34/h1-30H. The molecule has 58 heavy (non-hydrogen) atoms. The van der Waals surface area contributed by atoms with Crippen LogP contribution in [0.1, 0.15) is 0 Å². The molecule has 4 aromatic heterocycles. The highest BCUT2D eigenvalue weighted by molar-refractivity contribution is 5.78. The molecule has 0 fully saturated rings. The smallest absolute Gasteiger partial charge is 0.167 e. The molecule has 0 aliphatic carbocycles. The van der Waals surface area contributed by atoms with Crippen LogP contribution in [0.5, 0.6) is 0 Å². The lowest BCUT2D eigenvalue weighted by molar-refractivity contribution is 1.07. The molecule has 10 heteroatoms. The van der Waals surface area contributed by atoms with Crippen LogP contribution < -0.4 is 0 Å². The number of benzene rings is 6. The average Bonchev–Trinajstić information content (AvgIpc) is 3.32. The lowest BCUT2D eigenvalue weighted by Gasteiger charge is -2.09. The quantitative estimate of drug-likeness (QED) is 0.148. The summed E-state index contributed by atoms with van der Waals surface area (Å²) in [6, 6.07) is 55.5. The number of hydrogen-bond donors (Lipinski definition) is 0. The Labute approximate surface area is 333 Å². The second kappa shape index (κ2) is 15.1. The van der Waals surface area contributed by atoms with Gasteiger partial charge in [0.05, 0.1) is 5.39 Å². The fourth-order valence-electron chi connectivity index (χ4n) is 6.51. The molecule has 10 rings (SSSR count). The van der Waals surface area contributed by atoms with E-state index in [4.69, 9.17) is 39.9 Å². The van der Waals surface area contributed by atoms with Crippen molar-refractivity contribution >= 4 is 11.0 Å². The SMILES string of the molecule is c1ccc(-c2nc(-c3ccccc3)nc(-c3ccc(-c4ncc5cnc(-c6ccc(-c7nc(-c8ccccc8)nc(-c8ccccc8)n7)cc6)nc5n4)cc3)n2)cc1. The van der Waals surface area contributed by atoms with Crippen LogP contribution in [0, 0.1) is 0 Å². The van der Waals surface area contributed by atoms with E-state index in [0.717, 1.165) is 49.9 Å². The molecule has 0 aliphatic rings. The fourth-order valence-corrected chi connectivity index (χ4v) is 6.51. The van der Waals surface area contributed by atoms with Crippen molar-refractivity contribution in [2.45, 2.75) is 0 Å². The molecule has 272 valence electrons. The van der Waals surface area contributed by atoms with Crippen molar-refractivity contribution in [2.24, 2.45) is 0 Å². The summed E-state index contributed by atoms with van der Waals surface area (Å²) in [5.74, 6) is 4.67. The average molecular weight is 747 g/mol. The first-order valence-electron chi connectivity index (χ1n) is 18.7. The zero-order valence-corrected chi connectivity index (χ0v) is 30.8. The molecule has 0 atom stereocenters. The van der Waals surface area contributed by atoms with Gasteiger partial charge in [0.1, 0.15) is 0 Å². The maximum Gasteiger partial charge on any atom is 0.167 e. The number of hydrogen-bond acceptors (Lipinski definition) is 10. The minimum absolute atomic E-state index is 0.540. The summed E-state index contributed by atoms with van der Waals surface area (Å²) < 4.78 is 0. The highest BCUT2D eigenvalue weighted by Crippen LogP contribution is 2.29. The molecular formula is C48H30N10. The molecule has 0 bridgehead atoms. The van der Waals surface area contributed by atoms with Crippen LogP contribution in [-0.4, -0.2) is 49.8 Å². The molecule has 0 aliphatic heterocycles. The van der Waals surface area contributed by atoms with Crippen molar-refractivity contribution in [3.05, 3.63) is 182 Å². The zero-order valence-electron chi connectivity index (χ0n) is 30.8. The molecule has 10 aromatic rings. The molecule has 6 aromatic carbocycles. The Kier molecular flexibility index (Phi) is 8.93. The largest absolute Gasteiger partial charge is 0.236 e. The number of fused-ring (bicyclic) bond motifs is 1. The second-order valence-corrected chi connectivity index (χ2v) is 13.4. The Morgan fingerprint density at radius 1 is 0.207 bits per heavy atom. The highest BCUT2D eigenvalue weighted by atomic mass is 15.0. The summed E-state index contributed by atoms with van der Waals surface area (Å²) in [6.07, 6.45) is 3.50. The van der Waals surface area contributed by atoms with Gasteiger partial charge in [0.2, 0.25) is 0 Å². The van der Waals surface area contributed by atoms with E-state index in [1.165, 1.54) is 0 Å². The van der Waals surface area contributed by atoms with Gasteiger partial charge in [0, 0.05) is 56.9 Å². The van der Waals surface area contributed by atoms with Crippen LogP contribution in [0.15, 0.2) is 182 Å². The molecule has 4 heterocycles. The Bertz CT molecular complexity index is 2700. The summed E-state index contributed by atoms with van der Waals surface area (Å²) in [4.78, 5) is 48.0. The van der Waals surface area contributed by atoms with Crippen LogP contribution in [0.25, 0.3) is 102 Å². The van der Waals surface area contributed by atoms with Gasteiger partial charge in [-0.15, -0.1) is 0 Å². The molecule has 10 nitrogen and oxygen atoms in total. The van der Waals surface area contributed by atoms with Crippen LogP contribution in [0.4, 0.5) is 0 Å². The minimum atomic E-state index is 0.540. The van der Waals surface area contributed by atoms with E-state index in [-0.39, 0.29) is 0 Å².